The minimum atomic E-state index is 0.841. The molecule has 3 nitrogen and oxygen atoms in total. The van der Waals surface area contributed by atoms with E-state index >= 15 is 0 Å². The first-order valence-corrected chi connectivity index (χ1v) is 19.4. The van der Waals surface area contributed by atoms with Crippen LogP contribution in [0.2, 0.25) is 0 Å². The van der Waals surface area contributed by atoms with Crippen molar-refractivity contribution in [2.24, 2.45) is 4.99 Å². The van der Waals surface area contributed by atoms with E-state index in [0.29, 0.717) is 0 Å². The van der Waals surface area contributed by atoms with Gasteiger partial charge in [-0.1, -0.05) is 146 Å². The van der Waals surface area contributed by atoms with Crippen LogP contribution in [0.1, 0.15) is 23.6 Å². The molecule has 0 spiro atoms. The number of fused-ring (bicyclic) bond motifs is 9. The molecule has 2 heterocycles. The third-order valence-corrected chi connectivity index (χ3v) is 11.5. The number of hydrogen-bond acceptors (Lipinski definition) is 2. The van der Waals surface area contributed by atoms with Gasteiger partial charge in [-0.3, -0.25) is 4.99 Å². The Morgan fingerprint density at radius 1 is 0.491 bits per heavy atom. The van der Waals surface area contributed by atoms with Crippen LogP contribution in [0.5, 0.6) is 0 Å². The Kier molecular flexibility index (Phi) is 7.55. The molecule has 0 bridgehead atoms. The fourth-order valence-corrected chi connectivity index (χ4v) is 8.87. The lowest BCUT2D eigenvalue weighted by molar-refractivity contribution is 0.669. The highest BCUT2D eigenvalue weighted by Crippen LogP contribution is 2.44. The lowest BCUT2D eigenvalue weighted by Gasteiger charge is -2.18. The Morgan fingerprint density at radius 3 is 1.86 bits per heavy atom. The summed E-state index contributed by atoms with van der Waals surface area (Å²) in [4.78, 5) is 5.57. The molecule has 0 fully saturated rings. The van der Waals surface area contributed by atoms with Crippen LogP contribution < -0.4 is 0 Å². The van der Waals surface area contributed by atoms with Crippen molar-refractivity contribution in [2.45, 2.75) is 6.92 Å². The zero-order valence-electron chi connectivity index (χ0n) is 31.4. The van der Waals surface area contributed by atoms with E-state index in [9.17, 15) is 0 Å². The van der Waals surface area contributed by atoms with E-state index in [-0.39, 0.29) is 0 Å². The summed E-state index contributed by atoms with van der Waals surface area (Å²) in [7, 11) is 0. The van der Waals surface area contributed by atoms with Crippen LogP contribution in [-0.4, -0.2) is 10.3 Å². The van der Waals surface area contributed by atoms with Gasteiger partial charge in [-0.05, 0) is 93.9 Å². The summed E-state index contributed by atoms with van der Waals surface area (Å²) in [5, 5.41) is 9.18. The van der Waals surface area contributed by atoms with Crippen molar-refractivity contribution < 1.29 is 4.42 Å². The third-order valence-electron chi connectivity index (χ3n) is 11.5. The molecule has 0 aliphatic heterocycles. The van der Waals surface area contributed by atoms with Crippen molar-refractivity contribution >= 4 is 82.3 Å². The van der Waals surface area contributed by atoms with Crippen molar-refractivity contribution in [1.82, 2.24) is 4.57 Å². The van der Waals surface area contributed by atoms with Crippen LogP contribution in [-0.2, 0) is 0 Å². The first kappa shape index (κ1) is 32.9. The number of aromatic nitrogens is 1. The first-order chi connectivity index (χ1) is 28.1. The topological polar surface area (TPSA) is 30.4 Å². The van der Waals surface area contributed by atoms with Crippen molar-refractivity contribution in [3.8, 4) is 16.8 Å². The van der Waals surface area contributed by atoms with Gasteiger partial charge in [0, 0.05) is 49.5 Å². The quantitative estimate of drug-likeness (QED) is 0.124. The van der Waals surface area contributed by atoms with Gasteiger partial charge in [-0.2, -0.15) is 0 Å². The lowest BCUT2D eigenvalue weighted by atomic mass is 9.89. The molecule has 0 N–H and O–H groups in total. The Morgan fingerprint density at radius 2 is 1.09 bits per heavy atom. The molecule has 0 aliphatic rings. The molecule has 0 atom stereocenters. The van der Waals surface area contributed by atoms with Gasteiger partial charge >= 0.3 is 0 Å². The van der Waals surface area contributed by atoms with E-state index in [1.807, 2.05) is 6.07 Å². The van der Waals surface area contributed by atoms with Crippen LogP contribution >= 0.6 is 0 Å². The average molecular weight is 729 g/mol. The summed E-state index contributed by atoms with van der Waals surface area (Å²) < 4.78 is 8.90. The number of rotatable bonds is 6. The van der Waals surface area contributed by atoms with Gasteiger partial charge in [0.05, 0.1) is 16.7 Å². The van der Waals surface area contributed by atoms with E-state index < -0.39 is 0 Å². The zero-order valence-corrected chi connectivity index (χ0v) is 31.4. The van der Waals surface area contributed by atoms with E-state index in [4.69, 9.17) is 9.41 Å². The molecule has 11 rings (SSSR count). The maximum atomic E-state index is 6.54. The lowest BCUT2D eigenvalue weighted by Crippen LogP contribution is -1.98. The van der Waals surface area contributed by atoms with Crippen molar-refractivity contribution in [2.75, 3.05) is 0 Å². The summed E-state index contributed by atoms with van der Waals surface area (Å²) in [5.74, 6) is 0. The minimum absolute atomic E-state index is 0.841. The van der Waals surface area contributed by atoms with Gasteiger partial charge in [0.25, 0.3) is 0 Å². The molecule has 2 aromatic heterocycles. The molecular formula is C54H36N2O. The smallest absolute Gasteiger partial charge is 0.136 e. The Hall–Kier alpha value is -7.49. The first-order valence-electron chi connectivity index (χ1n) is 19.4. The number of para-hydroxylation sites is 2. The molecule has 11 aromatic rings. The monoisotopic (exact) mass is 728 g/mol. The predicted octanol–water partition coefficient (Wildman–Crippen LogP) is 14.9. The van der Waals surface area contributed by atoms with Crippen molar-refractivity contribution in [3.05, 3.63) is 211 Å². The second kappa shape index (κ2) is 13.1. The molecule has 0 aliphatic carbocycles. The molecule has 0 radical (unpaired) electrons. The Bertz CT molecular complexity index is 3420. The van der Waals surface area contributed by atoms with Crippen LogP contribution in [0.4, 0.5) is 5.69 Å². The summed E-state index contributed by atoms with van der Waals surface area (Å²) in [6.45, 7) is 6.80. The van der Waals surface area contributed by atoms with E-state index in [2.05, 4.69) is 200 Å². The largest absolute Gasteiger partial charge is 0.456 e. The number of furan rings is 1. The molecule has 57 heavy (non-hydrogen) atoms. The van der Waals surface area contributed by atoms with Gasteiger partial charge in [0.15, 0.2) is 0 Å². The SMILES string of the molecule is C=C(c1ccccc1)c1c(N=C(C)c2cccc3oc4ccc(-c5ccc6c(c5)c5ccccc5n6-c5ccccc5)cc4c23)c2ccccc2c2ccccc12. The van der Waals surface area contributed by atoms with Crippen LogP contribution in [0, 0.1) is 0 Å². The van der Waals surface area contributed by atoms with E-state index in [1.165, 1.54) is 32.6 Å². The fraction of sp³-hybridized carbons (Fsp3) is 0.0185. The highest BCUT2D eigenvalue weighted by molar-refractivity contribution is 6.22. The summed E-state index contributed by atoms with van der Waals surface area (Å²) in [5.41, 5.74) is 13.5. The number of hydrogen-bond donors (Lipinski definition) is 0. The number of aliphatic imine (C=N–C) groups is 1. The van der Waals surface area contributed by atoms with Crippen molar-refractivity contribution in [3.63, 3.8) is 0 Å². The Balaban J connectivity index is 1.10. The van der Waals surface area contributed by atoms with Crippen molar-refractivity contribution in [1.29, 1.82) is 0 Å². The van der Waals surface area contributed by atoms with E-state index in [0.717, 1.165) is 83.2 Å². The zero-order chi connectivity index (χ0) is 38.0. The summed E-state index contributed by atoms with van der Waals surface area (Å²) in [6, 6.07) is 66.6. The highest BCUT2D eigenvalue weighted by atomic mass is 16.3. The highest BCUT2D eigenvalue weighted by Gasteiger charge is 2.20. The molecular weight excluding hydrogens is 693 g/mol. The standard InChI is InChI=1S/C54H36N2O/c1-34(36-16-5-3-6-17-36)52-44-23-11-9-20-41(44)42-21-10-12-24-45(42)54(52)55-35(2)40-25-15-27-51-53(40)47-33-38(29-31-50(47)57-51)37-28-30-49-46(32-37)43-22-13-14-26-48(43)56(49)39-18-7-4-8-19-39/h3-33H,1H2,2H3. The third kappa shape index (κ3) is 5.24. The molecule has 268 valence electrons. The molecule has 9 aromatic carbocycles. The molecule has 0 saturated carbocycles. The maximum Gasteiger partial charge on any atom is 0.136 e. The van der Waals surface area contributed by atoms with Crippen LogP contribution in [0.15, 0.2) is 204 Å². The van der Waals surface area contributed by atoms with E-state index in [1.54, 1.807) is 0 Å². The Labute approximate surface area is 330 Å². The number of nitrogens with zero attached hydrogens (tertiary/aromatic N) is 2. The maximum absolute atomic E-state index is 6.54. The number of benzene rings is 9. The second-order valence-corrected chi connectivity index (χ2v) is 14.8. The second-order valence-electron chi connectivity index (χ2n) is 14.8. The van der Waals surface area contributed by atoms with Gasteiger partial charge < -0.3 is 8.98 Å². The van der Waals surface area contributed by atoms with Crippen LogP contribution in [0.3, 0.4) is 0 Å². The van der Waals surface area contributed by atoms with Gasteiger partial charge in [0.1, 0.15) is 11.2 Å². The summed E-state index contributed by atoms with van der Waals surface area (Å²) in [6.07, 6.45) is 0. The summed E-state index contributed by atoms with van der Waals surface area (Å²) >= 11 is 0. The minimum Gasteiger partial charge on any atom is -0.456 e. The van der Waals surface area contributed by atoms with Gasteiger partial charge in [-0.25, -0.2) is 0 Å². The van der Waals surface area contributed by atoms with Gasteiger partial charge in [-0.15, -0.1) is 0 Å². The predicted molar refractivity (Wildman–Crippen MR) is 241 cm³/mol. The molecule has 0 amide bonds. The van der Waals surface area contributed by atoms with Crippen LogP contribution in [0.25, 0.3) is 87.7 Å². The molecule has 0 saturated heterocycles. The molecule has 3 heteroatoms. The average Bonchev–Trinajstić information content (AvgIpc) is 3.82. The van der Waals surface area contributed by atoms with Gasteiger partial charge in [0.2, 0.25) is 0 Å². The fourth-order valence-electron chi connectivity index (χ4n) is 8.87. The molecule has 0 unspecified atom stereocenters. The normalized spacial score (nSPS) is 12.1.